The molecule has 2 aromatic carbocycles. The fraction of sp³-hybridized carbons (Fsp3) is 0.273. The third-order valence-electron chi connectivity index (χ3n) is 6.19. The van der Waals surface area contributed by atoms with E-state index in [1.807, 2.05) is 24.3 Å². The zero-order chi connectivity index (χ0) is 20.8. The van der Waals surface area contributed by atoms with Crippen LogP contribution in [0.4, 0.5) is 11.4 Å². The number of fused-ring (bicyclic) bond motifs is 2. The first-order chi connectivity index (χ1) is 14.5. The van der Waals surface area contributed by atoms with E-state index >= 15 is 0 Å². The number of anilines is 2. The number of amides is 2. The Morgan fingerprint density at radius 3 is 1.37 bits per heavy atom. The Kier molecular flexibility index (Phi) is 4.45. The van der Waals surface area contributed by atoms with Crippen LogP contribution in [0.2, 0.25) is 0 Å². The number of carbonyl (C=O) groups is 4. The lowest BCUT2D eigenvalue weighted by Crippen LogP contribution is -3.29. The minimum absolute atomic E-state index is 0.440. The molecule has 0 atom stereocenters. The number of quaternary nitrogens is 2. The van der Waals surface area contributed by atoms with Gasteiger partial charge in [0.15, 0.2) is 13.3 Å². The van der Waals surface area contributed by atoms with Crippen LogP contribution < -0.4 is 19.6 Å². The SMILES string of the molecule is O=C1C(=O)N(C[NH+]2CC[NH+](CN3C(=O)C(=O)c4ccccc43)CC2)c2ccccc21. The van der Waals surface area contributed by atoms with Gasteiger partial charge >= 0.3 is 11.8 Å². The number of Topliss-reactive ketones (excluding diaryl/α,β-unsaturated/α-hetero) is 2. The first-order valence-electron chi connectivity index (χ1n) is 10.1. The standard InChI is InChI=1S/C22H20N4O4/c27-19-15-5-1-3-7-17(15)25(21(19)29)13-23-9-11-24(12-10-23)14-26-18-8-4-2-6-16(18)20(28)22(26)30/h1-8H,9-14H2/p+2. The molecular formula is C22H22N4O4+2. The molecule has 3 aliphatic rings. The molecule has 2 aromatic rings. The molecule has 3 aliphatic heterocycles. The Morgan fingerprint density at radius 2 is 0.967 bits per heavy atom. The van der Waals surface area contributed by atoms with E-state index in [-0.39, 0.29) is 0 Å². The van der Waals surface area contributed by atoms with Crippen LogP contribution in [-0.2, 0) is 9.59 Å². The highest BCUT2D eigenvalue weighted by molar-refractivity contribution is 6.52. The molecule has 1 saturated heterocycles. The van der Waals surface area contributed by atoms with Gasteiger partial charge in [-0.3, -0.25) is 29.0 Å². The van der Waals surface area contributed by atoms with Gasteiger partial charge in [0.2, 0.25) is 0 Å². The van der Waals surface area contributed by atoms with Crippen molar-refractivity contribution in [2.45, 2.75) is 0 Å². The lowest BCUT2D eigenvalue weighted by atomic mass is 10.1. The summed E-state index contributed by atoms with van der Waals surface area (Å²) in [6.07, 6.45) is 0. The van der Waals surface area contributed by atoms with Crippen LogP contribution in [0.25, 0.3) is 0 Å². The summed E-state index contributed by atoms with van der Waals surface area (Å²) in [4.78, 5) is 54.8. The summed E-state index contributed by atoms with van der Waals surface area (Å²) in [5, 5.41) is 0. The fourth-order valence-corrected chi connectivity index (χ4v) is 4.53. The van der Waals surface area contributed by atoms with Crippen molar-refractivity contribution in [3.05, 3.63) is 59.7 Å². The summed E-state index contributed by atoms with van der Waals surface area (Å²) >= 11 is 0. The highest BCUT2D eigenvalue weighted by atomic mass is 16.2. The number of carbonyl (C=O) groups excluding carboxylic acids is 4. The second-order valence-electron chi connectivity index (χ2n) is 7.98. The van der Waals surface area contributed by atoms with Crippen molar-refractivity contribution < 1.29 is 29.0 Å². The Balaban J connectivity index is 1.22. The van der Waals surface area contributed by atoms with Gasteiger partial charge in [0.05, 0.1) is 22.5 Å². The third-order valence-corrected chi connectivity index (χ3v) is 6.19. The second kappa shape index (κ2) is 7.16. The van der Waals surface area contributed by atoms with E-state index in [1.165, 1.54) is 9.80 Å². The summed E-state index contributed by atoms with van der Waals surface area (Å²) < 4.78 is 0. The Morgan fingerprint density at radius 1 is 0.600 bits per heavy atom. The molecular weight excluding hydrogens is 384 g/mol. The molecule has 3 heterocycles. The molecule has 0 aliphatic carbocycles. The predicted octanol–water partition coefficient (Wildman–Crippen LogP) is -1.86. The van der Waals surface area contributed by atoms with Crippen LogP contribution in [0.5, 0.6) is 0 Å². The maximum atomic E-state index is 12.4. The monoisotopic (exact) mass is 406 g/mol. The molecule has 2 N–H and O–H groups in total. The molecule has 0 unspecified atom stereocenters. The summed E-state index contributed by atoms with van der Waals surface area (Å²) in [5.41, 5.74) is 2.32. The van der Waals surface area contributed by atoms with Gasteiger partial charge in [-0.15, -0.1) is 0 Å². The number of nitrogens with one attached hydrogen (secondary N) is 2. The van der Waals surface area contributed by atoms with E-state index in [2.05, 4.69) is 0 Å². The molecule has 0 radical (unpaired) electrons. The summed E-state index contributed by atoms with van der Waals surface area (Å²) in [7, 11) is 0. The van der Waals surface area contributed by atoms with Crippen molar-refractivity contribution in [2.75, 3.05) is 49.3 Å². The van der Waals surface area contributed by atoms with Crippen molar-refractivity contribution in [3.63, 3.8) is 0 Å². The molecule has 0 bridgehead atoms. The number of piperazine rings is 1. The Hall–Kier alpha value is -3.36. The van der Waals surface area contributed by atoms with Crippen molar-refractivity contribution >= 4 is 34.8 Å². The highest BCUT2D eigenvalue weighted by Crippen LogP contribution is 2.28. The van der Waals surface area contributed by atoms with E-state index < -0.39 is 23.4 Å². The zero-order valence-electron chi connectivity index (χ0n) is 16.4. The molecule has 30 heavy (non-hydrogen) atoms. The maximum absolute atomic E-state index is 12.4. The summed E-state index contributed by atoms with van der Waals surface area (Å²) in [6, 6.07) is 14.2. The van der Waals surface area contributed by atoms with E-state index in [0.717, 1.165) is 26.2 Å². The van der Waals surface area contributed by atoms with Crippen LogP contribution in [0.3, 0.4) is 0 Å². The minimum atomic E-state index is -0.462. The van der Waals surface area contributed by atoms with E-state index in [0.29, 0.717) is 35.8 Å². The molecule has 2 amide bonds. The maximum Gasteiger partial charge on any atom is 0.303 e. The van der Waals surface area contributed by atoms with Crippen LogP contribution in [0.15, 0.2) is 48.5 Å². The molecule has 0 spiro atoms. The Bertz CT molecular complexity index is 989. The minimum Gasteiger partial charge on any atom is -0.308 e. The van der Waals surface area contributed by atoms with Gasteiger partial charge in [-0.05, 0) is 24.3 Å². The summed E-state index contributed by atoms with van der Waals surface area (Å²) in [5.74, 6) is -1.80. The van der Waals surface area contributed by atoms with Gasteiger partial charge in [0, 0.05) is 0 Å². The number of rotatable bonds is 4. The largest absolute Gasteiger partial charge is 0.308 e. The topological polar surface area (TPSA) is 83.6 Å². The van der Waals surface area contributed by atoms with Crippen molar-refractivity contribution in [1.29, 1.82) is 0 Å². The highest BCUT2D eigenvalue weighted by Gasteiger charge is 2.40. The molecule has 0 saturated carbocycles. The van der Waals surface area contributed by atoms with Crippen LogP contribution in [0, 0.1) is 0 Å². The van der Waals surface area contributed by atoms with Gasteiger partial charge in [-0.1, -0.05) is 24.3 Å². The van der Waals surface area contributed by atoms with Crippen molar-refractivity contribution in [2.24, 2.45) is 0 Å². The molecule has 5 rings (SSSR count). The lowest BCUT2D eigenvalue weighted by Gasteiger charge is -2.33. The number of para-hydroxylation sites is 2. The third kappa shape index (κ3) is 2.92. The van der Waals surface area contributed by atoms with Crippen LogP contribution in [0.1, 0.15) is 20.7 Å². The number of hydrogen-bond acceptors (Lipinski definition) is 4. The van der Waals surface area contributed by atoms with Crippen molar-refractivity contribution in [1.82, 2.24) is 0 Å². The van der Waals surface area contributed by atoms with Gasteiger partial charge in [-0.25, -0.2) is 0 Å². The first-order valence-corrected chi connectivity index (χ1v) is 10.1. The fourth-order valence-electron chi connectivity index (χ4n) is 4.53. The smallest absolute Gasteiger partial charge is 0.303 e. The number of ketones is 2. The normalized spacial score (nSPS) is 23.2. The van der Waals surface area contributed by atoms with Gasteiger partial charge in [-0.2, -0.15) is 0 Å². The molecule has 152 valence electrons. The molecule has 8 heteroatoms. The van der Waals surface area contributed by atoms with Gasteiger partial charge in [0.1, 0.15) is 26.2 Å². The quantitative estimate of drug-likeness (QED) is 0.584. The molecule has 8 nitrogen and oxygen atoms in total. The van der Waals surface area contributed by atoms with Crippen molar-refractivity contribution in [3.8, 4) is 0 Å². The Labute approximate surface area is 173 Å². The molecule has 1 fully saturated rings. The average Bonchev–Trinajstić information content (AvgIpc) is 3.16. The number of nitrogens with zero attached hydrogens (tertiary/aromatic N) is 2. The summed E-state index contributed by atoms with van der Waals surface area (Å²) in [6.45, 7) is 4.16. The van der Waals surface area contributed by atoms with E-state index in [1.54, 1.807) is 34.1 Å². The number of benzene rings is 2. The second-order valence-corrected chi connectivity index (χ2v) is 7.98. The van der Waals surface area contributed by atoms with E-state index in [9.17, 15) is 19.2 Å². The first kappa shape index (κ1) is 18.7. The van der Waals surface area contributed by atoms with Gasteiger partial charge in [0.25, 0.3) is 11.6 Å². The number of hydrogen-bond donors (Lipinski definition) is 2. The lowest BCUT2D eigenvalue weighted by molar-refractivity contribution is -1.01. The molecule has 0 aromatic heterocycles. The zero-order valence-corrected chi connectivity index (χ0v) is 16.4. The van der Waals surface area contributed by atoms with Gasteiger partial charge < -0.3 is 9.80 Å². The predicted molar refractivity (Wildman–Crippen MR) is 108 cm³/mol. The van der Waals surface area contributed by atoms with Crippen LogP contribution in [-0.4, -0.2) is 62.9 Å². The van der Waals surface area contributed by atoms with E-state index in [4.69, 9.17) is 0 Å². The van der Waals surface area contributed by atoms with Crippen LogP contribution >= 0.6 is 0 Å². The average molecular weight is 406 g/mol.